The van der Waals surface area contributed by atoms with Crippen molar-refractivity contribution in [3.8, 4) is 0 Å². The number of benzene rings is 1. The first kappa shape index (κ1) is 18.9. The number of nitrogens with zero attached hydrogens (tertiary/aromatic N) is 1. The van der Waals surface area contributed by atoms with Gasteiger partial charge in [0.05, 0.1) is 17.9 Å². The Bertz CT molecular complexity index is 665. The average molecular weight is 354 g/mol. The molecule has 1 fully saturated rings. The van der Waals surface area contributed by atoms with E-state index in [2.05, 4.69) is 5.32 Å². The third-order valence-electron chi connectivity index (χ3n) is 4.19. The Morgan fingerprint density at radius 3 is 2.50 bits per heavy atom. The summed E-state index contributed by atoms with van der Waals surface area (Å²) in [4.78, 5) is 12.1. The minimum atomic E-state index is -3.53. The summed E-state index contributed by atoms with van der Waals surface area (Å²) in [6, 6.07) is 5.01. The summed E-state index contributed by atoms with van der Waals surface area (Å²) in [6.45, 7) is 3.23. The van der Waals surface area contributed by atoms with E-state index >= 15 is 0 Å². The molecule has 1 heterocycles. The molecule has 2 rings (SSSR count). The van der Waals surface area contributed by atoms with E-state index in [9.17, 15) is 13.2 Å². The summed E-state index contributed by atoms with van der Waals surface area (Å²) >= 11 is 0. The molecule has 1 aliphatic heterocycles. The molecular weight excluding hydrogens is 328 g/mol. The Morgan fingerprint density at radius 1 is 1.21 bits per heavy atom. The molecule has 6 nitrogen and oxygen atoms in total. The van der Waals surface area contributed by atoms with Crippen LogP contribution in [-0.4, -0.2) is 45.4 Å². The fraction of sp³-hybridized carbons (Fsp3) is 0.588. The van der Waals surface area contributed by atoms with Gasteiger partial charge in [0, 0.05) is 25.9 Å². The quantitative estimate of drug-likeness (QED) is 0.852. The number of ether oxygens (including phenoxy) is 1. The van der Waals surface area contributed by atoms with E-state index in [0.29, 0.717) is 30.9 Å². The molecule has 134 valence electrons. The highest BCUT2D eigenvalue weighted by atomic mass is 32.2. The minimum absolute atomic E-state index is 0.196. The second-order valence-corrected chi connectivity index (χ2v) is 8.00. The van der Waals surface area contributed by atoms with Crippen molar-refractivity contribution in [1.29, 1.82) is 0 Å². The maximum Gasteiger partial charge on any atom is 0.243 e. The minimum Gasteiger partial charge on any atom is -0.384 e. The average Bonchev–Trinajstić information content (AvgIpc) is 2.84. The maximum atomic E-state index is 13.0. The van der Waals surface area contributed by atoms with Crippen LogP contribution in [0.15, 0.2) is 23.1 Å². The van der Waals surface area contributed by atoms with Gasteiger partial charge in [-0.3, -0.25) is 4.79 Å². The van der Waals surface area contributed by atoms with Crippen LogP contribution in [0, 0.1) is 6.92 Å². The number of aryl methyl sites for hydroxylation is 1. The van der Waals surface area contributed by atoms with Gasteiger partial charge in [0.2, 0.25) is 15.9 Å². The van der Waals surface area contributed by atoms with E-state index in [1.807, 2.05) is 0 Å². The van der Waals surface area contributed by atoms with Crippen LogP contribution in [0.5, 0.6) is 0 Å². The number of methoxy groups -OCH3 is 1. The number of hydrogen-bond donors (Lipinski definition) is 1. The van der Waals surface area contributed by atoms with Crippen LogP contribution in [-0.2, 0) is 19.6 Å². The SMILES string of the molecule is COCCC(=O)Nc1ccc(C)c(S(=O)(=O)N2CCCCCC2)c1. The van der Waals surface area contributed by atoms with E-state index in [4.69, 9.17) is 4.74 Å². The Kier molecular flexibility index (Phi) is 6.77. The first-order valence-corrected chi connectivity index (χ1v) is 9.79. The summed E-state index contributed by atoms with van der Waals surface area (Å²) in [5, 5.41) is 2.73. The number of carbonyl (C=O) groups excluding carboxylic acids is 1. The lowest BCUT2D eigenvalue weighted by Gasteiger charge is -2.21. The molecule has 1 aromatic rings. The highest BCUT2D eigenvalue weighted by Gasteiger charge is 2.27. The zero-order valence-electron chi connectivity index (χ0n) is 14.4. The molecule has 1 saturated heterocycles. The topological polar surface area (TPSA) is 75.7 Å². The molecular formula is C17H26N2O4S. The van der Waals surface area contributed by atoms with Crippen LogP contribution in [0.25, 0.3) is 0 Å². The van der Waals surface area contributed by atoms with Crippen LogP contribution in [0.3, 0.4) is 0 Å². The molecule has 0 radical (unpaired) electrons. The summed E-state index contributed by atoms with van der Waals surface area (Å²) in [5.74, 6) is -0.196. The highest BCUT2D eigenvalue weighted by molar-refractivity contribution is 7.89. The van der Waals surface area contributed by atoms with Gasteiger partial charge in [0.25, 0.3) is 0 Å². The molecule has 0 unspecified atom stereocenters. The van der Waals surface area contributed by atoms with E-state index < -0.39 is 10.0 Å². The van der Waals surface area contributed by atoms with E-state index in [1.165, 1.54) is 7.11 Å². The van der Waals surface area contributed by atoms with Crippen molar-refractivity contribution in [3.63, 3.8) is 0 Å². The monoisotopic (exact) mass is 354 g/mol. The number of nitrogens with one attached hydrogen (secondary N) is 1. The molecule has 0 spiro atoms. The van der Waals surface area contributed by atoms with Gasteiger partial charge in [-0.05, 0) is 37.5 Å². The van der Waals surface area contributed by atoms with Crippen molar-refractivity contribution in [3.05, 3.63) is 23.8 Å². The van der Waals surface area contributed by atoms with Crippen LogP contribution >= 0.6 is 0 Å². The number of carbonyl (C=O) groups is 1. The van der Waals surface area contributed by atoms with Gasteiger partial charge in [-0.2, -0.15) is 4.31 Å². The van der Waals surface area contributed by atoms with E-state index in [-0.39, 0.29) is 17.2 Å². The number of sulfonamides is 1. The van der Waals surface area contributed by atoms with Gasteiger partial charge in [0.15, 0.2) is 0 Å². The summed E-state index contributed by atoms with van der Waals surface area (Å²) in [6.07, 6.45) is 4.16. The molecule has 0 aromatic heterocycles. The Balaban J connectivity index is 2.22. The molecule has 24 heavy (non-hydrogen) atoms. The molecule has 0 aliphatic carbocycles. The van der Waals surface area contributed by atoms with Crippen LogP contribution in [0.2, 0.25) is 0 Å². The summed E-state index contributed by atoms with van der Waals surface area (Å²) in [5.41, 5.74) is 1.18. The molecule has 1 aliphatic rings. The fourth-order valence-corrected chi connectivity index (χ4v) is 4.56. The standard InChI is InChI=1S/C17H26N2O4S/c1-14-7-8-15(18-17(20)9-12-23-2)13-16(14)24(21,22)19-10-5-3-4-6-11-19/h7-8,13H,3-6,9-12H2,1-2H3,(H,18,20). The fourth-order valence-electron chi connectivity index (χ4n) is 2.80. The van der Waals surface area contributed by atoms with Crippen molar-refractivity contribution in [2.24, 2.45) is 0 Å². The van der Waals surface area contributed by atoms with Crippen LogP contribution < -0.4 is 5.32 Å². The highest BCUT2D eigenvalue weighted by Crippen LogP contribution is 2.25. The van der Waals surface area contributed by atoms with E-state index in [1.54, 1.807) is 29.4 Å². The summed E-state index contributed by atoms with van der Waals surface area (Å²) < 4.78 is 32.4. The predicted octanol–water partition coefficient (Wildman–Crippen LogP) is 2.53. The van der Waals surface area contributed by atoms with Crippen molar-refractivity contribution in [2.75, 3.05) is 32.1 Å². The van der Waals surface area contributed by atoms with Crippen molar-refractivity contribution < 1.29 is 17.9 Å². The van der Waals surface area contributed by atoms with E-state index in [0.717, 1.165) is 25.7 Å². The lowest BCUT2D eigenvalue weighted by molar-refractivity contribution is -0.117. The molecule has 0 bridgehead atoms. The largest absolute Gasteiger partial charge is 0.384 e. The van der Waals surface area contributed by atoms with Gasteiger partial charge in [-0.15, -0.1) is 0 Å². The first-order valence-electron chi connectivity index (χ1n) is 8.35. The first-order chi connectivity index (χ1) is 11.4. The number of rotatable bonds is 6. The second kappa shape index (κ2) is 8.60. The van der Waals surface area contributed by atoms with Gasteiger partial charge in [-0.1, -0.05) is 18.9 Å². The lowest BCUT2D eigenvalue weighted by Crippen LogP contribution is -2.32. The predicted molar refractivity (Wildman–Crippen MR) is 93.5 cm³/mol. The molecule has 1 aromatic carbocycles. The second-order valence-electron chi connectivity index (χ2n) is 6.09. The van der Waals surface area contributed by atoms with Crippen molar-refractivity contribution >= 4 is 21.6 Å². The third kappa shape index (κ3) is 4.78. The maximum absolute atomic E-state index is 13.0. The molecule has 0 saturated carbocycles. The van der Waals surface area contributed by atoms with Crippen molar-refractivity contribution in [1.82, 2.24) is 4.31 Å². The molecule has 1 N–H and O–H groups in total. The lowest BCUT2D eigenvalue weighted by atomic mass is 10.2. The number of hydrogen-bond acceptors (Lipinski definition) is 4. The Hall–Kier alpha value is -1.44. The molecule has 0 atom stereocenters. The molecule has 7 heteroatoms. The Labute approximate surface area is 144 Å². The van der Waals surface area contributed by atoms with Crippen LogP contribution in [0.4, 0.5) is 5.69 Å². The van der Waals surface area contributed by atoms with Crippen LogP contribution in [0.1, 0.15) is 37.7 Å². The van der Waals surface area contributed by atoms with Gasteiger partial charge < -0.3 is 10.1 Å². The third-order valence-corrected chi connectivity index (χ3v) is 6.23. The van der Waals surface area contributed by atoms with Gasteiger partial charge >= 0.3 is 0 Å². The normalized spacial score (nSPS) is 16.6. The number of amides is 1. The zero-order chi connectivity index (χ0) is 17.6. The van der Waals surface area contributed by atoms with Gasteiger partial charge in [-0.25, -0.2) is 8.42 Å². The smallest absolute Gasteiger partial charge is 0.243 e. The molecule has 1 amide bonds. The number of anilines is 1. The van der Waals surface area contributed by atoms with Gasteiger partial charge in [0.1, 0.15) is 0 Å². The zero-order valence-corrected chi connectivity index (χ0v) is 15.2. The summed E-state index contributed by atoms with van der Waals surface area (Å²) in [7, 11) is -2.00. The van der Waals surface area contributed by atoms with Crippen molar-refractivity contribution in [2.45, 2.75) is 43.9 Å². The Morgan fingerprint density at radius 2 is 1.88 bits per heavy atom.